The van der Waals surface area contributed by atoms with E-state index < -0.39 is 0 Å². The van der Waals surface area contributed by atoms with Crippen LogP contribution in [0.3, 0.4) is 0 Å². The van der Waals surface area contributed by atoms with Crippen molar-refractivity contribution in [3.8, 4) is 0 Å². The summed E-state index contributed by atoms with van der Waals surface area (Å²) in [7, 11) is 2.14. The molecule has 3 aliphatic rings. The van der Waals surface area contributed by atoms with Gasteiger partial charge in [0.05, 0.1) is 0 Å². The molecule has 0 amide bonds. The van der Waals surface area contributed by atoms with Gasteiger partial charge in [0.1, 0.15) is 0 Å². The van der Waals surface area contributed by atoms with Crippen LogP contribution in [0.25, 0.3) is 0 Å². The zero-order valence-electron chi connectivity index (χ0n) is 13.0. The number of rotatable bonds is 7. The lowest BCUT2D eigenvalue weighted by Crippen LogP contribution is -2.46. The van der Waals surface area contributed by atoms with Crippen LogP contribution in [0.2, 0.25) is 0 Å². The summed E-state index contributed by atoms with van der Waals surface area (Å²) in [5.41, 5.74) is 0.582. The molecule has 0 atom stereocenters. The van der Waals surface area contributed by atoms with E-state index in [0.717, 1.165) is 17.9 Å². The van der Waals surface area contributed by atoms with Crippen LogP contribution in [-0.2, 0) is 0 Å². The molecule has 3 saturated carbocycles. The van der Waals surface area contributed by atoms with Crippen LogP contribution in [0.15, 0.2) is 0 Å². The molecule has 0 bridgehead atoms. The normalized spacial score (nSPS) is 35.8. The molecule has 0 radical (unpaired) electrons. The number of nitrogens with one attached hydrogen (secondary N) is 1. The smallest absolute Gasteiger partial charge is 0.00967 e. The molecule has 0 aliphatic heterocycles. The Hall–Kier alpha value is -0.0800. The van der Waals surface area contributed by atoms with Crippen molar-refractivity contribution in [1.29, 1.82) is 0 Å². The second kappa shape index (κ2) is 5.73. The van der Waals surface area contributed by atoms with Crippen LogP contribution in [-0.4, -0.2) is 37.6 Å². The molecule has 19 heavy (non-hydrogen) atoms. The molecule has 1 N–H and O–H groups in total. The third-order valence-corrected chi connectivity index (χ3v) is 5.68. The molecule has 110 valence electrons. The van der Waals surface area contributed by atoms with Gasteiger partial charge in [0.15, 0.2) is 0 Å². The highest BCUT2D eigenvalue weighted by Gasteiger charge is 2.40. The summed E-state index contributed by atoms with van der Waals surface area (Å²) in [6.45, 7) is 6.45. The molecular weight excluding hydrogens is 232 g/mol. The Morgan fingerprint density at radius 2 is 1.74 bits per heavy atom. The Labute approximate surface area is 119 Å². The fourth-order valence-corrected chi connectivity index (χ4v) is 3.99. The maximum Gasteiger partial charge on any atom is 0.00967 e. The Morgan fingerprint density at radius 3 is 2.26 bits per heavy atom. The van der Waals surface area contributed by atoms with Crippen LogP contribution in [0.1, 0.15) is 58.3 Å². The van der Waals surface area contributed by atoms with Gasteiger partial charge in [0.25, 0.3) is 0 Å². The van der Waals surface area contributed by atoms with E-state index >= 15 is 0 Å². The number of nitrogens with zero attached hydrogens (tertiary/aromatic N) is 1. The van der Waals surface area contributed by atoms with Crippen LogP contribution >= 0.6 is 0 Å². The Morgan fingerprint density at radius 1 is 1.05 bits per heavy atom. The highest BCUT2D eigenvalue weighted by atomic mass is 15.2. The first-order valence-electron chi connectivity index (χ1n) is 8.59. The second-order valence-corrected chi connectivity index (χ2v) is 7.82. The summed E-state index contributed by atoms with van der Waals surface area (Å²) in [6.07, 6.45) is 11.7. The molecule has 2 nitrogen and oxygen atoms in total. The highest BCUT2D eigenvalue weighted by Crippen LogP contribution is 2.42. The van der Waals surface area contributed by atoms with Gasteiger partial charge < -0.3 is 5.32 Å². The Balaban J connectivity index is 1.61. The van der Waals surface area contributed by atoms with Gasteiger partial charge in [-0.2, -0.15) is 0 Å². The van der Waals surface area contributed by atoms with Crippen molar-refractivity contribution in [2.24, 2.45) is 17.3 Å². The summed E-state index contributed by atoms with van der Waals surface area (Å²) >= 11 is 0. The van der Waals surface area contributed by atoms with Crippen molar-refractivity contribution in [2.75, 3.05) is 26.7 Å². The molecule has 0 aromatic heterocycles. The Bertz CT molecular complexity index is 286. The largest absolute Gasteiger partial charge is 0.319 e. The van der Waals surface area contributed by atoms with Crippen LogP contribution in [0.5, 0.6) is 0 Å². The predicted octanol–water partition coefficient (Wildman–Crippen LogP) is 3.28. The van der Waals surface area contributed by atoms with Crippen molar-refractivity contribution in [1.82, 2.24) is 10.2 Å². The quantitative estimate of drug-likeness (QED) is 0.759. The van der Waals surface area contributed by atoms with Gasteiger partial charge in [0.2, 0.25) is 0 Å². The summed E-state index contributed by atoms with van der Waals surface area (Å²) < 4.78 is 0. The lowest BCUT2D eigenvalue weighted by atomic mass is 9.70. The summed E-state index contributed by atoms with van der Waals surface area (Å²) in [4.78, 5) is 2.88. The molecular formula is C17H32N2. The first-order valence-corrected chi connectivity index (χ1v) is 8.59. The van der Waals surface area contributed by atoms with E-state index in [1.54, 1.807) is 0 Å². The van der Waals surface area contributed by atoms with Gasteiger partial charge in [0, 0.05) is 25.7 Å². The van der Waals surface area contributed by atoms with Crippen molar-refractivity contribution in [3.05, 3.63) is 0 Å². The van der Waals surface area contributed by atoms with Gasteiger partial charge in [-0.25, -0.2) is 0 Å². The SMILES string of the molecule is CNCC1(CN(CC2CC2)C2CC2)CCC(C)CC1. The lowest BCUT2D eigenvalue weighted by molar-refractivity contribution is 0.0812. The van der Waals surface area contributed by atoms with Crippen molar-refractivity contribution < 1.29 is 0 Å². The molecule has 3 fully saturated rings. The van der Waals surface area contributed by atoms with E-state index in [1.807, 2.05) is 0 Å². The third-order valence-electron chi connectivity index (χ3n) is 5.68. The average molecular weight is 264 g/mol. The fourth-order valence-electron chi connectivity index (χ4n) is 3.99. The molecule has 3 aliphatic carbocycles. The molecule has 0 aromatic carbocycles. The van der Waals surface area contributed by atoms with Crippen LogP contribution < -0.4 is 5.32 Å². The van der Waals surface area contributed by atoms with Gasteiger partial charge in [-0.15, -0.1) is 0 Å². The van der Waals surface area contributed by atoms with Crippen molar-refractivity contribution >= 4 is 0 Å². The van der Waals surface area contributed by atoms with Crippen molar-refractivity contribution in [3.63, 3.8) is 0 Å². The molecule has 0 heterocycles. The van der Waals surface area contributed by atoms with E-state index in [0.29, 0.717) is 5.41 Å². The standard InChI is InChI=1S/C17H32N2/c1-14-7-9-17(10-8-14,12-18-2)13-19(16-5-6-16)11-15-3-4-15/h14-16,18H,3-13H2,1-2H3. The van der Waals surface area contributed by atoms with Gasteiger partial charge in [-0.3, -0.25) is 4.90 Å². The lowest BCUT2D eigenvalue weighted by Gasteiger charge is -2.43. The first kappa shape index (κ1) is 13.9. The number of hydrogen-bond acceptors (Lipinski definition) is 2. The molecule has 0 saturated heterocycles. The zero-order valence-corrected chi connectivity index (χ0v) is 13.0. The van der Waals surface area contributed by atoms with Gasteiger partial charge >= 0.3 is 0 Å². The van der Waals surface area contributed by atoms with Gasteiger partial charge in [-0.05, 0) is 62.8 Å². The second-order valence-electron chi connectivity index (χ2n) is 7.82. The molecule has 2 heteroatoms. The highest BCUT2D eigenvalue weighted by molar-refractivity contribution is 4.95. The van der Waals surface area contributed by atoms with Crippen LogP contribution in [0.4, 0.5) is 0 Å². The Kier molecular flexibility index (Phi) is 4.19. The summed E-state index contributed by atoms with van der Waals surface area (Å²) in [5.74, 6) is 2.01. The minimum atomic E-state index is 0.582. The molecule has 0 unspecified atom stereocenters. The van der Waals surface area contributed by atoms with E-state index in [1.165, 1.54) is 71.0 Å². The predicted molar refractivity (Wildman–Crippen MR) is 81.3 cm³/mol. The molecule has 0 spiro atoms. The van der Waals surface area contributed by atoms with E-state index in [2.05, 4.69) is 24.2 Å². The minimum Gasteiger partial charge on any atom is -0.319 e. The summed E-state index contributed by atoms with van der Waals surface area (Å²) in [6, 6.07) is 0.952. The number of hydrogen-bond donors (Lipinski definition) is 1. The van der Waals surface area contributed by atoms with Gasteiger partial charge in [-0.1, -0.05) is 19.8 Å². The van der Waals surface area contributed by atoms with Crippen LogP contribution in [0, 0.1) is 17.3 Å². The van der Waals surface area contributed by atoms with E-state index in [-0.39, 0.29) is 0 Å². The maximum absolute atomic E-state index is 3.50. The molecule has 3 rings (SSSR count). The zero-order chi connectivity index (χ0) is 13.3. The third kappa shape index (κ3) is 3.72. The monoisotopic (exact) mass is 264 g/mol. The van der Waals surface area contributed by atoms with E-state index in [4.69, 9.17) is 0 Å². The topological polar surface area (TPSA) is 15.3 Å². The fraction of sp³-hybridized carbons (Fsp3) is 1.00. The average Bonchev–Trinajstić information content (AvgIpc) is 3.26. The minimum absolute atomic E-state index is 0.582. The molecule has 0 aromatic rings. The summed E-state index contributed by atoms with van der Waals surface area (Å²) in [5, 5.41) is 3.50. The van der Waals surface area contributed by atoms with E-state index in [9.17, 15) is 0 Å². The first-order chi connectivity index (χ1) is 9.21. The van der Waals surface area contributed by atoms with Crippen molar-refractivity contribution in [2.45, 2.75) is 64.3 Å². The maximum atomic E-state index is 3.50.